The zero-order valence-corrected chi connectivity index (χ0v) is 20.7. The molecule has 182 valence electrons. The van der Waals surface area contributed by atoms with Gasteiger partial charge in [0.1, 0.15) is 0 Å². The summed E-state index contributed by atoms with van der Waals surface area (Å²) in [6, 6.07) is 7.03. The number of anilines is 1. The Labute approximate surface area is 200 Å². The highest BCUT2D eigenvalue weighted by atomic mass is 32.2. The molecule has 5 rings (SSSR count). The molecule has 2 saturated heterocycles. The predicted molar refractivity (Wildman–Crippen MR) is 130 cm³/mol. The van der Waals surface area contributed by atoms with Gasteiger partial charge in [-0.25, -0.2) is 8.42 Å². The van der Waals surface area contributed by atoms with Crippen LogP contribution in [-0.2, 0) is 30.8 Å². The van der Waals surface area contributed by atoms with Crippen molar-refractivity contribution in [1.29, 1.82) is 0 Å². The number of morpholine rings is 1. The zero-order valence-electron chi connectivity index (χ0n) is 19.9. The van der Waals surface area contributed by atoms with Crippen molar-refractivity contribution < 1.29 is 22.7 Å². The first-order chi connectivity index (χ1) is 16.3. The van der Waals surface area contributed by atoms with Crippen LogP contribution in [0.4, 0.5) is 5.69 Å². The maximum atomic E-state index is 13.2. The van der Waals surface area contributed by atoms with Crippen LogP contribution in [0.2, 0.25) is 0 Å². The molecule has 3 aliphatic heterocycles. The molecule has 0 spiro atoms. The summed E-state index contributed by atoms with van der Waals surface area (Å²) in [4.78, 5) is 14.9. The van der Waals surface area contributed by atoms with Crippen molar-refractivity contribution in [3.8, 4) is 0 Å². The zero-order chi connectivity index (χ0) is 24.0. The Morgan fingerprint density at radius 1 is 1.12 bits per heavy atom. The SMILES string of the molecule is Cc1cc(/C=C2/C(=O)N(C)c3ccc(S(=O)(=O)N4CCOCC4)cc32)c(C)n1C[C@@H]1CCCO1. The number of aromatic nitrogens is 1. The molecule has 34 heavy (non-hydrogen) atoms. The van der Waals surface area contributed by atoms with Crippen LogP contribution in [0.3, 0.4) is 0 Å². The van der Waals surface area contributed by atoms with Gasteiger partial charge in [0.15, 0.2) is 0 Å². The number of ether oxygens (including phenoxy) is 2. The summed E-state index contributed by atoms with van der Waals surface area (Å²) in [6.45, 7) is 7.16. The van der Waals surface area contributed by atoms with E-state index in [9.17, 15) is 13.2 Å². The molecule has 0 saturated carbocycles. The average molecular weight is 486 g/mol. The highest BCUT2D eigenvalue weighted by Crippen LogP contribution is 2.39. The van der Waals surface area contributed by atoms with Crippen LogP contribution in [0.1, 0.15) is 35.4 Å². The Morgan fingerprint density at radius 2 is 1.88 bits per heavy atom. The molecule has 1 amide bonds. The number of carbonyl (C=O) groups excluding carboxylic acids is 1. The number of carbonyl (C=O) groups is 1. The number of nitrogens with zero attached hydrogens (tertiary/aromatic N) is 3. The minimum Gasteiger partial charge on any atom is -0.379 e. The quantitative estimate of drug-likeness (QED) is 0.609. The van der Waals surface area contributed by atoms with Crippen LogP contribution in [0.15, 0.2) is 29.2 Å². The molecule has 9 heteroatoms. The lowest BCUT2D eigenvalue weighted by atomic mass is 10.0. The summed E-state index contributed by atoms with van der Waals surface area (Å²) in [7, 11) is -1.94. The number of aryl methyl sites for hydroxylation is 1. The first kappa shape index (κ1) is 23.3. The van der Waals surface area contributed by atoms with E-state index in [2.05, 4.69) is 24.5 Å². The second-order valence-electron chi connectivity index (χ2n) is 9.19. The van der Waals surface area contributed by atoms with Crippen LogP contribution in [0.5, 0.6) is 0 Å². The number of benzene rings is 1. The van der Waals surface area contributed by atoms with Gasteiger partial charge in [-0.1, -0.05) is 0 Å². The Balaban J connectivity index is 1.52. The van der Waals surface area contributed by atoms with Crippen molar-refractivity contribution in [1.82, 2.24) is 8.87 Å². The van der Waals surface area contributed by atoms with Gasteiger partial charge in [0.25, 0.3) is 5.91 Å². The van der Waals surface area contributed by atoms with E-state index in [4.69, 9.17) is 9.47 Å². The lowest BCUT2D eigenvalue weighted by molar-refractivity contribution is -0.112. The number of hydrogen-bond donors (Lipinski definition) is 0. The molecule has 0 radical (unpaired) electrons. The molecule has 0 aliphatic carbocycles. The monoisotopic (exact) mass is 485 g/mol. The summed E-state index contributed by atoms with van der Waals surface area (Å²) in [5.41, 5.74) is 5.01. The average Bonchev–Trinajstić information content (AvgIpc) is 3.51. The summed E-state index contributed by atoms with van der Waals surface area (Å²) in [5, 5.41) is 0. The van der Waals surface area contributed by atoms with Crippen LogP contribution in [-0.4, -0.2) is 69.3 Å². The Hall–Kier alpha value is -2.46. The normalized spacial score (nSPS) is 22.7. The fourth-order valence-corrected chi connectivity index (χ4v) is 6.50. The number of sulfonamides is 1. The maximum absolute atomic E-state index is 13.2. The molecule has 0 N–H and O–H groups in total. The van der Waals surface area contributed by atoms with E-state index in [1.54, 1.807) is 30.1 Å². The standard InChI is InChI=1S/C25H31N3O5S/c1-17-13-19(18(2)28(17)16-20-5-4-10-33-20)14-23-22-15-21(6-7-24(22)26(3)25(23)29)34(30,31)27-8-11-32-12-9-27/h6-7,13-15,20H,4-5,8-12,16H2,1-3H3/b23-14+/t20-/m0/s1. The van der Waals surface area contributed by atoms with Gasteiger partial charge in [-0.3, -0.25) is 4.79 Å². The number of rotatable bonds is 5. The van der Waals surface area contributed by atoms with Gasteiger partial charge in [0.2, 0.25) is 10.0 Å². The van der Waals surface area contributed by atoms with E-state index in [0.717, 1.165) is 42.9 Å². The first-order valence-corrected chi connectivity index (χ1v) is 13.2. The lowest BCUT2D eigenvalue weighted by Gasteiger charge is -2.26. The van der Waals surface area contributed by atoms with Gasteiger partial charge >= 0.3 is 0 Å². The van der Waals surface area contributed by atoms with E-state index in [1.165, 1.54) is 4.31 Å². The van der Waals surface area contributed by atoms with Gasteiger partial charge in [0, 0.05) is 55.8 Å². The molecule has 2 aromatic rings. The molecule has 0 bridgehead atoms. The van der Waals surface area contributed by atoms with Crippen LogP contribution < -0.4 is 4.90 Å². The first-order valence-electron chi connectivity index (χ1n) is 11.8. The molecule has 8 nitrogen and oxygen atoms in total. The third-order valence-electron chi connectivity index (χ3n) is 7.09. The largest absolute Gasteiger partial charge is 0.379 e. The Bertz CT molecular complexity index is 1250. The van der Waals surface area contributed by atoms with Gasteiger partial charge < -0.3 is 18.9 Å². The fraction of sp³-hybridized carbons (Fsp3) is 0.480. The second-order valence-corrected chi connectivity index (χ2v) is 11.1. The summed E-state index contributed by atoms with van der Waals surface area (Å²) in [6.07, 6.45) is 4.27. The summed E-state index contributed by atoms with van der Waals surface area (Å²) >= 11 is 0. The number of amides is 1. The smallest absolute Gasteiger partial charge is 0.258 e. The molecular weight excluding hydrogens is 454 g/mol. The van der Waals surface area contributed by atoms with E-state index in [0.29, 0.717) is 43.1 Å². The molecule has 3 aliphatic rings. The van der Waals surface area contributed by atoms with Gasteiger partial charge in [-0.15, -0.1) is 0 Å². The van der Waals surface area contributed by atoms with E-state index < -0.39 is 10.0 Å². The van der Waals surface area contributed by atoms with Crippen molar-refractivity contribution in [2.75, 3.05) is 44.9 Å². The van der Waals surface area contributed by atoms with Crippen molar-refractivity contribution in [2.24, 2.45) is 0 Å². The molecule has 0 unspecified atom stereocenters. The Morgan fingerprint density at radius 3 is 2.59 bits per heavy atom. The third kappa shape index (κ3) is 4.00. The third-order valence-corrected chi connectivity index (χ3v) is 8.98. The lowest BCUT2D eigenvalue weighted by Crippen LogP contribution is -2.40. The van der Waals surface area contributed by atoms with Crippen LogP contribution in [0, 0.1) is 13.8 Å². The molecule has 2 fully saturated rings. The predicted octanol–water partition coefficient (Wildman–Crippen LogP) is 2.82. The van der Waals surface area contributed by atoms with Crippen LogP contribution in [0.25, 0.3) is 11.6 Å². The summed E-state index contributed by atoms with van der Waals surface area (Å²) < 4.78 is 41.2. The highest BCUT2D eigenvalue weighted by molar-refractivity contribution is 7.89. The highest BCUT2D eigenvalue weighted by Gasteiger charge is 2.33. The summed E-state index contributed by atoms with van der Waals surface area (Å²) in [5.74, 6) is -0.139. The number of likely N-dealkylation sites (N-methyl/N-ethyl adjacent to an activating group) is 1. The van der Waals surface area contributed by atoms with E-state index in [-0.39, 0.29) is 16.9 Å². The van der Waals surface area contributed by atoms with Crippen molar-refractivity contribution >= 4 is 33.3 Å². The topological polar surface area (TPSA) is 81.1 Å². The van der Waals surface area contributed by atoms with Crippen molar-refractivity contribution in [3.63, 3.8) is 0 Å². The molecule has 1 aromatic carbocycles. The minimum atomic E-state index is -3.66. The van der Waals surface area contributed by atoms with E-state index in [1.807, 2.05) is 6.08 Å². The second kappa shape index (κ2) is 8.96. The molecule has 1 atom stereocenters. The van der Waals surface area contributed by atoms with E-state index >= 15 is 0 Å². The number of hydrogen-bond acceptors (Lipinski definition) is 5. The van der Waals surface area contributed by atoms with Crippen molar-refractivity contribution in [2.45, 2.75) is 44.2 Å². The van der Waals surface area contributed by atoms with Gasteiger partial charge in [-0.2, -0.15) is 4.31 Å². The Kier molecular flexibility index (Phi) is 6.14. The molecular formula is C25H31N3O5S. The molecule has 4 heterocycles. The fourth-order valence-electron chi connectivity index (χ4n) is 5.07. The van der Waals surface area contributed by atoms with Crippen LogP contribution >= 0.6 is 0 Å². The van der Waals surface area contributed by atoms with Gasteiger partial charge in [0.05, 0.1) is 29.9 Å². The number of fused-ring (bicyclic) bond motifs is 1. The molecule has 1 aromatic heterocycles. The van der Waals surface area contributed by atoms with Crippen molar-refractivity contribution in [3.05, 3.63) is 46.8 Å². The minimum absolute atomic E-state index is 0.139. The maximum Gasteiger partial charge on any atom is 0.258 e. The van der Waals surface area contributed by atoms with Gasteiger partial charge in [-0.05, 0) is 62.6 Å².